The van der Waals surface area contributed by atoms with Crippen molar-refractivity contribution in [2.24, 2.45) is 11.1 Å². The molecule has 18 heavy (non-hydrogen) atoms. The summed E-state index contributed by atoms with van der Waals surface area (Å²) in [5, 5.41) is 10.2. The number of methoxy groups -OCH3 is 1. The van der Waals surface area contributed by atoms with Crippen LogP contribution in [0, 0.1) is 12.3 Å². The van der Waals surface area contributed by atoms with Crippen LogP contribution in [0.25, 0.3) is 0 Å². The van der Waals surface area contributed by atoms with Gasteiger partial charge in [-0.25, -0.2) is 4.79 Å². The van der Waals surface area contributed by atoms with Gasteiger partial charge in [-0.3, -0.25) is 0 Å². The van der Waals surface area contributed by atoms with E-state index in [1.165, 1.54) is 7.11 Å². The number of ether oxygens (including phenoxy) is 1. The summed E-state index contributed by atoms with van der Waals surface area (Å²) < 4.78 is 4.80. The predicted octanol–water partition coefficient (Wildman–Crippen LogP) is 2.07. The molecule has 0 amide bonds. The topological polar surface area (TPSA) is 72.5 Å². The molecule has 0 saturated heterocycles. The van der Waals surface area contributed by atoms with Crippen molar-refractivity contribution in [3.63, 3.8) is 0 Å². The molecule has 3 N–H and O–H groups in total. The second kappa shape index (κ2) is 3.99. The molecule has 1 aliphatic carbocycles. The van der Waals surface area contributed by atoms with E-state index < -0.39 is 0 Å². The molecule has 4 heteroatoms. The fourth-order valence-electron chi connectivity index (χ4n) is 2.65. The first-order valence-corrected chi connectivity index (χ1v) is 5.99. The molecular weight excluding hydrogens is 230 g/mol. The maximum absolute atomic E-state index is 11.8. The van der Waals surface area contributed by atoms with Gasteiger partial charge in [0.05, 0.1) is 12.7 Å². The first kappa shape index (κ1) is 12.9. The highest BCUT2D eigenvalue weighted by Gasteiger charge is 2.41. The third kappa shape index (κ3) is 1.68. The highest BCUT2D eigenvalue weighted by atomic mass is 16.5. The van der Waals surface area contributed by atoms with E-state index >= 15 is 0 Å². The number of hydrogen-bond acceptors (Lipinski definition) is 4. The zero-order valence-electron chi connectivity index (χ0n) is 11.2. The Morgan fingerprint density at radius 2 is 2.17 bits per heavy atom. The van der Waals surface area contributed by atoms with Crippen molar-refractivity contribution in [1.82, 2.24) is 0 Å². The molecular formula is C14H19NO3. The fraction of sp³-hybridized carbons (Fsp3) is 0.500. The van der Waals surface area contributed by atoms with Gasteiger partial charge in [0, 0.05) is 11.6 Å². The highest BCUT2D eigenvalue weighted by Crippen LogP contribution is 2.49. The molecule has 0 radical (unpaired) electrons. The van der Waals surface area contributed by atoms with Crippen molar-refractivity contribution >= 4 is 5.97 Å². The number of nitrogens with two attached hydrogens (primary N) is 1. The minimum Gasteiger partial charge on any atom is -0.507 e. The Labute approximate surface area is 107 Å². The zero-order chi connectivity index (χ0) is 13.7. The van der Waals surface area contributed by atoms with Gasteiger partial charge in [0.2, 0.25) is 0 Å². The third-order valence-corrected chi connectivity index (χ3v) is 3.83. The van der Waals surface area contributed by atoms with Crippen molar-refractivity contribution in [3.8, 4) is 5.75 Å². The molecule has 1 aliphatic rings. The molecule has 0 fully saturated rings. The minimum atomic E-state index is -0.376. The van der Waals surface area contributed by atoms with Crippen LogP contribution in [0.15, 0.2) is 6.07 Å². The van der Waals surface area contributed by atoms with Gasteiger partial charge in [0.25, 0.3) is 0 Å². The molecule has 0 aromatic heterocycles. The summed E-state index contributed by atoms with van der Waals surface area (Å²) in [6.45, 7) is 5.83. The second-order valence-electron chi connectivity index (χ2n) is 5.62. The highest BCUT2D eigenvalue weighted by molar-refractivity contribution is 5.92. The maximum atomic E-state index is 11.8. The molecule has 0 aliphatic heterocycles. The normalized spacial score (nSPS) is 20.6. The van der Waals surface area contributed by atoms with Gasteiger partial charge < -0.3 is 15.6 Å². The zero-order valence-corrected chi connectivity index (χ0v) is 11.2. The van der Waals surface area contributed by atoms with E-state index in [2.05, 4.69) is 0 Å². The predicted molar refractivity (Wildman–Crippen MR) is 68.6 cm³/mol. The van der Waals surface area contributed by atoms with E-state index in [0.29, 0.717) is 23.1 Å². The lowest BCUT2D eigenvalue weighted by Gasteiger charge is -2.23. The molecule has 1 aromatic rings. The van der Waals surface area contributed by atoms with Crippen LogP contribution in [0.5, 0.6) is 5.75 Å². The number of aromatic hydroxyl groups is 1. The Kier molecular flexibility index (Phi) is 2.86. The number of carbonyl (C=O) groups excluding carboxylic acids is 1. The van der Waals surface area contributed by atoms with Crippen LogP contribution in [-0.4, -0.2) is 18.2 Å². The van der Waals surface area contributed by atoms with Crippen molar-refractivity contribution < 1.29 is 14.6 Å². The lowest BCUT2D eigenvalue weighted by molar-refractivity contribution is 0.0599. The number of hydrogen-bond donors (Lipinski definition) is 2. The summed E-state index contributed by atoms with van der Waals surface area (Å²) >= 11 is 0. The largest absolute Gasteiger partial charge is 0.507 e. The summed E-state index contributed by atoms with van der Waals surface area (Å²) in [6, 6.07) is 1.41. The number of aryl methyl sites for hydroxylation is 1. The standard InChI is InChI=1S/C14H19NO3/c1-7-5-8(13(17)18-4)9-6-14(2,3)12(15)10(9)11(7)16/h5,12,16H,6,15H2,1-4H3. The number of phenols is 1. The molecule has 1 aromatic carbocycles. The Hall–Kier alpha value is -1.55. The van der Waals surface area contributed by atoms with Crippen LogP contribution in [0.4, 0.5) is 0 Å². The van der Waals surface area contributed by atoms with Crippen LogP contribution in [-0.2, 0) is 11.2 Å². The van der Waals surface area contributed by atoms with Crippen LogP contribution >= 0.6 is 0 Å². The van der Waals surface area contributed by atoms with Gasteiger partial charge in [0.15, 0.2) is 0 Å². The lowest BCUT2D eigenvalue weighted by Crippen LogP contribution is -2.24. The van der Waals surface area contributed by atoms with Gasteiger partial charge in [-0.15, -0.1) is 0 Å². The van der Waals surface area contributed by atoms with Gasteiger partial charge in [-0.1, -0.05) is 13.8 Å². The molecule has 4 nitrogen and oxygen atoms in total. The Morgan fingerprint density at radius 1 is 1.56 bits per heavy atom. The Balaban J connectivity index is 2.70. The molecule has 0 bridgehead atoms. The maximum Gasteiger partial charge on any atom is 0.338 e. The first-order chi connectivity index (χ1) is 8.29. The molecule has 0 saturated carbocycles. The molecule has 0 spiro atoms. The van der Waals surface area contributed by atoms with E-state index in [9.17, 15) is 9.90 Å². The summed E-state index contributed by atoms with van der Waals surface area (Å²) in [7, 11) is 1.36. The molecule has 1 unspecified atom stereocenters. The van der Waals surface area contributed by atoms with Crippen molar-refractivity contribution in [3.05, 3.63) is 28.3 Å². The van der Waals surface area contributed by atoms with E-state index in [0.717, 1.165) is 5.56 Å². The number of rotatable bonds is 1. The monoisotopic (exact) mass is 249 g/mol. The average Bonchev–Trinajstić information content (AvgIpc) is 2.55. The van der Waals surface area contributed by atoms with Gasteiger partial charge in [0.1, 0.15) is 5.75 Å². The molecule has 1 atom stereocenters. The van der Waals surface area contributed by atoms with E-state index in [1.54, 1.807) is 13.0 Å². The van der Waals surface area contributed by atoms with Crippen molar-refractivity contribution in [1.29, 1.82) is 0 Å². The quantitative estimate of drug-likeness (QED) is 0.747. The summed E-state index contributed by atoms with van der Waals surface area (Å²) in [5.74, 6) is -0.171. The SMILES string of the molecule is COC(=O)c1cc(C)c(O)c2c1CC(C)(C)C2N. The van der Waals surface area contributed by atoms with Crippen LogP contribution in [0.3, 0.4) is 0 Å². The number of benzene rings is 1. The van der Waals surface area contributed by atoms with Crippen LogP contribution < -0.4 is 5.73 Å². The smallest absolute Gasteiger partial charge is 0.338 e. The fourth-order valence-corrected chi connectivity index (χ4v) is 2.65. The Bertz CT molecular complexity index is 520. The summed E-state index contributed by atoms with van der Waals surface area (Å²) in [4.78, 5) is 11.8. The number of carbonyl (C=O) groups is 1. The number of phenolic OH excluding ortho intramolecular Hbond substituents is 1. The Morgan fingerprint density at radius 3 is 2.72 bits per heavy atom. The van der Waals surface area contributed by atoms with Crippen molar-refractivity contribution in [2.75, 3.05) is 7.11 Å². The third-order valence-electron chi connectivity index (χ3n) is 3.83. The van der Waals surface area contributed by atoms with Gasteiger partial charge in [-0.05, 0) is 36.0 Å². The lowest BCUT2D eigenvalue weighted by atomic mass is 9.86. The van der Waals surface area contributed by atoms with Crippen molar-refractivity contribution in [2.45, 2.75) is 33.2 Å². The van der Waals surface area contributed by atoms with E-state index in [4.69, 9.17) is 10.5 Å². The van der Waals surface area contributed by atoms with E-state index in [1.807, 2.05) is 13.8 Å². The van der Waals surface area contributed by atoms with Gasteiger partial charge in [-0.2, -0.15) is 0 Å². The molecule has 98 valence electrons. The van der Waals surface area contributed by atoms with E-state index in [-0.39, 0.29) is 23.2 Å². The average molecular weight is 249 g/mol. The van der Waals surface area contributed by atoms with Crippen LogP contribution in [0.2, 0.25) is 0 Å². The molecule has 0 heterocycles. The van der Waals surface area contributed by atoms with Crippen LogP contribution in [0.1, 0.15) is 46.9 Å². The first-order valence-electron chi connectivity index (χ1n) is 5.99. The second-order valence-corrected chi connectivity index (χ2v) is 5.62. The number of esters is 1. The number of fused-ring (bicyclic) bond motifs is 1. The summed E-state index contributed by atoms with van der Waals surface area (Å²) in [5.41, 5.74) is 8.71. The molecule has 2 rings (SSSR count). The van der Waals surface area contributed by atoms with Gasteiger partial charge >= 0.3 is 5.97 Å². The minimum absolute atomic E-state index is 0.170. The summed E-state index contributed by atoms with van der Waals surface area (Å²) in [6.07, 6.45) is 0.668.